The van der Waals surface area contributed by atoms with E-state index in [9.17, 15) is 9.59 Å². The molecular weight excluding hydrogens is 404 g/mol. The van der Waals surface area contributed by atoms with Gasteiger partial charge in [-0.2, -0.15) is 4.99 Å². The zero-order chi connectivity index (χ0) is 22.9. The molecule has 0 bridgehead atoms. The van der Waals surface area contributed by atoms with Gasteiger partial charge in [-0.15, -0.1) is 0 Å². The quantitative estimate of drug-likeness (QED) is 0.554. The topological polar surface area (TPSA) is 96.4 Å². The highest BCUT2D eigenvalue weighted by atomic mass is 16.5. The van der Waals surface area contributed by atoms with Crippen molar-refractivity contribution in [3.05, 3.63) is 65.1 Å². The SMILES string of the molecule is CCc1cnc(C2=NC(=O)C(C)(C(C)C)N2)c(C(=O)OCCc2c[nH]c3ccccc23)c1. The zero-order valence-corrected chi connectivity index (χ0v) is 18.9. The van der Waals surface area contributed by atoms with E-state index >= 15 is 0 Å². The number of nitrogens with one attached hydrogen (secondary N) is 2. The fourth-order valence-electron chi connectivity index (χ4n) is 3.76. The molecule has 0 radical (unpaired) electrons. The summed E-state index contributed by atoms with van der Waals surface area (Å²) in [5, 5.41) is 4.31. The van der Waals surface area contributed by atoms with Crippen molar-refractivity contribution in [3.63, 3.8) is 0 Å². The maximum Gasteiger partial charge on any atom is 0.340 e. The summed E-state index contributed by atoms with van der Waals surface area (Å²) in [7, 11) is 0. The average Bonchev–Trinajstić information content (AvgIpc) is 3.34. The van der Waals surface area contributed by atoms with Crippen LogP contribution in [0, 0.1) is 5.92 Å². The van der Waals surface area contributed by atoms with E-state index in [4.69, 9.17) is 4.74 Å². The van der Waals surface area contributed by atoms with Gasteiger partial charge in [0, 0.05) is 29.7 Å². The third-order valence-electron chi connectivity index (χ3n) is 6.27. The molecule has 0 aliphatic carbocycles. The summed E-state index contributed by atoms with van der Waals surface area (Å²) in [6.07, 6.45) is 4.97. The van der Waals surface area contributed by atoms with Crippen molar-refractivity contribution in [3.8, 4) is 0 Å². The molecule has 7 heteroatoms. The number of benzene rings is 1. The molecule has 2 N–H and O–H groups in total. The Bertz CT molecular complexity index is 1210. The number of aromatic amines is 1. The molecule has 4 rings (SSSR count). The smallest absolute Gasteiger partial charge is 0.340 e. The molecule has 1 unspecified atom stereocenters. The minimum Gasteiger partial charge on any atom is -0.462 e. The van der Waals surface area contributed by atoms with E-state index in [-0.39, 0.29) is 18.4 Å². The summed E-state index contributed by atoms with van der Waals surface area (Å²) in [5.41, 5.74) is 2.89. The number of hydrogen-bond donors (Lipinski definition) is 2. The highest BCUT2D eigenvalue weighted by molar-refractivity contribution is 6.16. The minimum atomic E-state index is -0.822. The van der Waals surface area contributed by atoms with Gasteiger partial charge in [-0.1, -0.05) is 39.0 Å². The van der Waals surface area contributed by atoms with Gasteiger partial charge < -0.3 is 15.0 Å². The van der Waals surface area contributed by atoms with Crippen LogP contribution in [-0.4, -0.2) is 39.8 Å². The second-order valence-corrected chi connectivity index (χ2v) is 8.59. The first-order valence-electron chi connectivity index (χ1n) is 11.0. The third kappa shape index (κ3) is 3.90. The summed E-state index contributed by atoms with van der Waals surface area (Å²) in [4.78, 5) is 37.4. The summed E-state index contributed by atoms with van der Waals surface area (Å²) in [6.45, 7) is 7.95. The number of aliphatic imine (C=N–C) groups is 1. The number of rotatable bonds is 7. The molecule has 0 saturated heterocycles. The fraction of sp³-hybridized carbons (Fsp3) is 0.360. The van der Waals surface area contributed by atoms with E-state index in [1.54, 1.807) is 12.3 Å². The molecule has 1 aliphatic heterocycles. The van der Waals surface area contributed by atoms with Crippen LogP contribution in [0.5, 0.6) is 0 Å². The van der Waals surface area contributed by atoms with E-state index in [1.807, 2.05) is 58.2 Å². The third-order valence-corrected chi connectivity index (χ3v) is 6.27. The molecule has 1 amide bonds. The van der Waals surface area contributed by atoms with Crippen molar-refractivity contribution in [1.29, 1.82) is 0 Å². The zero-order valence-electron chi connectivity index (χ0n) is 18.9. The van der Waals surface area contributed by atoms with Crippen molar-refractivity contribution in [1.82, 2.24) is 15.3 Å². The van der Waals surface area contributed by atoms with E-state index in [2.05, 4.69) is 20.3 Å². The number of nitrogens with zero attached hydrogens (tertiary/aromatic N) is 2. The summed E-state index contributed by atoms with van der Waals surface area (Å²) >= 11 is 0. The lowest BCUT2D eigenvalue weighted by atomic mass is 9.88. The molecule has 0 spiro atoms. The van der Waals surface area contributed by atoms with Crippen LogP contribution >= 0.6 is 0 Å². The van der Waals surface area contributed by atoms with E-state index < -0.39 is 11.5 Å². The number of carbonyl (C=O) groups is 2. The van der Waals surface area contributed by atoms with E-state index in [0.29, 0.717) is 23.5 Å². The van der Waals surface area contributed by atoms with Crippen LogP contribution in [0.1, 0.15) is 54.9 Å². The molecule has 1 aromatic carbocycles. The van der Waals surface area contributed by atoms with Crippen molar-refractivity contribution in [2.75, 3.05) is 6.61 Å². The Morgan fingerprint density at radius 1 is 1.25 bits per heavy atom. The van der Waals surface area contributed by atoms with Crippen molar-refractivity contribution < 1.29 is 14.3 Å². The molecule has 3 aromatic rings. The molecule has 3 heterocycles. The van der Waals surface area contributed by atoms with Gasteiger partial charge in [0.1, 0.15) is 11.2 Å². The van der Waals surface area contributed by atoms with Gasteiger partial charge >= 0.3 is 5.97 Å². The monoisotopic (exact) mass is 432 g/mol. The van der Waals surface area contributed by atoms with Crippen LogP contribution in [-0.2, 0) is 22.4 Å². The Kier molecular flexibility index (Phi) is 5.82. The van der Waals surface area contributed by atoms with E-state index in [0.717, 1.165) is 28.5 Å². The van der Waals surface area contributed by atoms with Crippen LogP contribution in [0.3, 0.4) is 0 Å². The number of fused-ring (bicyclic) bond motifs is 1. The van der Waals surface area contributed by atoms with Gasteiger partial charge in [-0.3, -0.25) is 9.78 Å². The number of aryl methyl sites for hydroxylation is 1. The van der Waals surface area contributed by atoms with Crippen LogP contribution in [0.25, 0.3) is 10.9 Å². The minimum absolute atomic E-state index is 0.0257. The van der Waals surface area contributed by atoms with Gasteiger partial charge in [0.2, 0.25) is 0 Å². The van der Waals surface area contributed by atoms with Gasteiger partial charge in [0.15, 0.2) is 5.84 Å². The maximum absolute atomic E-state index is 13.0. The van der Waals surface area contributed by atoms with Crippen LogP contribution in [0.2, 0.25) is 0 Å². The highest BCUT2D eigenvalue weighted by Crippen LogP contribution is 2.25. The number of H-pyrrole nitrogens is 1. The first-order chi connectivity index (χ1) is 15.3. The Morgan fingerprint density at radius 3 is 2.75 bits per heavy atom. The molecule has 1 aliphatic rings. The number of carbonyl (C=O) groups excluding carboxylic acids is 2. The average molecular weight is 433 g/mol. The number of hydrogen-bond acceptors (Lipinski definition) is 5. The van der Waals surface area contributed by atoms with Gasteiger partial charge in [-0.25, -0.2) is 4.79 Å². The second kappa shape index (κ2) is 8.57. The molecule has 0 fully saturated rings. The Hall–Kier alpha value is -3.48. The molecule has 2 aromatic heterocycles. The van der Waals surface area contributed by atoms with Crippen molar-refractivity contribution >= 4 is 28.6 Å². The number of para-hydroxylation sites is 1. The lowest BCUT2D eigenvalue weighted by Gasteiger charge is -2.27. The van der Waals surface area contributed by atoms with E-state index in [1.165, 1.54) is 0 Å². The van der Waals surface area contributed by atoms with Crippen LogP contribution in [0.4, 0.5) is 0 Å². The number of esters is 1. The van der Waals surface area contributed by atoms with Crippen LogP contribution in [0.15, 0.2) is 47.7 Å². The summed E-state index contributed by atoms with van der Waals surface area (Å²) in [6, 6.07) is 9.80. The Balaban J connectivity index is 1.54. The summed E-state index contributed by atoms with van der Waals surface area (Å²) < 4.78 is 5.62. The first kappa shape index (κ1) is 21.7. The standard InChI is InChI=1S/C25H28N4O3/c1-5-16-12-19(21(27-13-16)22-28-24(31)25(4,29-22)15(2)3)23(30)32-11-10-17-14-26-20-9-7-6-8-18(17)20/h6-9,12-15,26H,5,10-11H2,1-4H3,(H,28,29,31). The highest BCUT2D eigenvalue weighted by Gasteiger charge is 2.43. The van der Waals surface area contributed by atoms with Gasteiger partial charge in [0.25, 0.3) is 5.91 Å². The fourth-order valence-corrected chi connectivity index (χ4v) is 3.76. The first-order valence-corrected chi connectivity index (χ1v) is 11.0. The number of aromatic nitrogens is 2. The molecule has 7 nitrogen and oxygen atoms in total. The van der Waals surface area contributed by atoms with Gasteiger partial charge in [0.05, 0.1) is 12.2 Å². The molecule has 32 heavy (non-hydrogen) atoms. The lowest BCUT2D eigenvalue weighted by Crippen LogP contribution is -2.50. The van der Waals surface area contributed by atoms with Gasteiger partial charge in [-0.05, 0) is 42.5 Å². The number of amidine groups is 1. The second-order valence-electron chi connectivity index (χ2n) is 8.59. The lowest BCUT2D eigenvalue weighted by molar-refractivity contribution is -0.123. The number of pyridine rings is 1. The predicted molar refractivity (Wildman–Crippen MR) is 124 cm³/mol. The number of amides is 1. The Labute approximate surface area is 187 Å². The summed E-state index contributed by atoms with van der Waals surface area (Å²) in [5.74, 6) is -0.393. The molecule has 166 valence electrons. The molecule has 1 atom stereocenters. The largest absolute Gasteiger partial charge is 0.462 e. The molecular formula is C25H28N4O3. The predicted octanol–water partition coefficient (Wildman–Crippen LogP) is 3.82. The Morgan fingerprint density at radius 2 is 2.03 bits per heavy atom. The van der Waals surface area contributed by atoms with Crippen molar-refractivity contribution in [2.45, 2.75) is 46.1 Å². The normalized spacial score (nSPS) is 18.2. The maximum atomic E-state index is 13.0. The van der Waals surface area contributed by atoms with Crippen molar-refractivity contribution in [2.24, 2.45) is 10.9 Å². The molecule has 0 saturated carbocycles. The number of ether oxygens (including phenoxy) is 1. The van der Waals surface area contributed by atoms with Crippen LogP contribution < -0.4 is 5.32 Å².